The molecule has 0 saturated carbocycles. The van der Waals surface area contributed by atoms with Gasteiger partial charge in [0.1, 0.15) is 12.2 Å². The quantitative estimate of drug-likeness (QED) is 0.663. The van der Waals surface area contributed by atoms with Crippen molar-refractivity contribution in [3.63, 3.8) is 0 Å². The van der Waals surface area contributed by atoms with Crippen molar-refractivity contribution in [1.29, 1.82) is 5.26 Å². The van der Waals surface area contributed by atoms with Gasteiger partial charge in [-0.05, 0) is 0 Å². The molecule has 24 heavy (non-hydrogen) atoms. The molecule has 0 bridgehead atoms. The molecule has 3 amide bonds. The van der Waals surface area contributed by atoms with Crippen molar-refractivity contribution in [2.24, 2.45) is 5.10 Å². The highest BCUT2D eigenvalue weighted by Crippen LogP contribution is 2.21. The van der Waals surface area contributed by atoms with Crippen molar-refractivity contribution in [3.05, 3.63) is 42.1 Å². The molecular formula is C16H14N6O2. The van der Waals surface area contributed by atoms with E-state index in [0.29, 0.717) is 24.2 Å². The maximum Gasteiger partial charge on any atom is 0.344 e. The Kier molecular flexibility index (Phi) is 4.34. The number of aryl methyl sites for hydroxylation is 1. The lowest BCUT2D eigenvalue weighted by Gasteiger charge is -2.04. The summed E-state index contributed by atoms with van der Waals surface area (Å²) in [4.78, 5) is 22.7. The molecule has 1 aliphatic rings. The van der Waals surface area contributed by atoms with Crippen LogP contribution >= 0.6 is 0 Å². The number of hydrogen-bond acceptors (Lipinski definition) is 5. The van der Waals surface area contributed by atoms with Crippen molar-refractivity contribution >= 4 is 18.2 Å². The van der Waals surface area contributed by atoms with Crippen LogP contribution in [0.5, 0.6) is 0 Å². The lowest BCUT2D eigenvalue weighted by atomic mass is 10.1. The first-order valence-electron chi connectivity index (χ1n) is 7.32. The van der Waals surface area contributed by atoms with E-state index in [4.69, 9.17) is 5.26 Å². The number of nitriles is 1. The molecule has 3 rings (SSSR count). The minimum absolute atomic E-state index is 0.0986. The SMILES string of the molecule is N#CCCn1cc(/C=N\N2CC(=O)NC2=O)c(-c2ccccc2)n1. The summed E-state index contributed by atoms with van der Waals surface area (Å²) < 4.78 is 1.67. The molecule has 1 N–H and O–H groups in total. The average molecular weight is 322 g/mol. The van der Waals surface area contributed by atoms with Gasteiger partial charge in [-0.3, -0.25) is 14.8 Å². The number of amides is 3. The molecule has 1 saturated heterocycles. The molecule has 8 nitrogen and oxygen atoms in total. The minimum Gasteiger partial charge on any atom is -0.275 e. The highest BCUT2D eigenvalue weighted by atomic mass is 16.2. The molecule has 1 aromatic carbocycles. The number of aromatic nitrogens is 2. The Balaban J connectivity index is 1.90. The van der Waals surface area contributed by atoms with Crippen molar-refractivity contribution in [3.8, 4) is 17.3 Å². The third kappa shape index (κ3) is 3.30. The van der Waals surface area contributed by atoms with Gasteiger partial charge >= 0.3 is 6.03 Å². The summed E-state index contributed by atoms with van der Waals surface area (Å²) in [5, 5.41) is 20.5. The zero-order valence-electron chi connectivity index (χ0n) is 12.7. The second-order valence-electron chi connectivity index (χ2n) is 5.13. The smallest absolute Gasteiger partial charge is 0.275 e. The van der Waals surface area contributed by atoms with Gasteiger partial charge in [0.2, 0.25) is 5.91 Å². The molecule has 0 unspecified atom stereocenters. The van der Waals surface area contributed by atoms with Gasteiger partial charge in [0.25, 0.3) is 0 Å². The maximum atomic E-state index is 11.5. The van der Waals surface area contributed by atoms with Crippen LogP contribution in [0.2, 0.25) is 0 Å². The number of carbonyl (C=O) groups excluding carboxylic acids is 2. The fraction of sp³-hybridized carbons (Fsp3) is 0.188. The lowest BCUT2D eigenvalue weighted by Crippen LogP contribution is -2.24. The van der Waals surface area contributed by atoms with Crippen LogP contribution in [0.3, 0.4) is 0 Å². The van der Waals surface area contributed by atoms with E-state index in [1.807, 2.05) is 30.3 Å². The van der Waals surface area contributed by atoms with Crippen LogP contribution in [0.15, 0.2) is 41.6 Å². The predicted molar refractivity (Wildman–Crippen MR) is 85.7 cm³/mol. The second kappa shape index (κ2) is 6.75. The second-order valence-corrected chi connectivity index (χ2v) is 5.13. The summed E-state index contributed by atoms with van der Waals surface area (Å²) in [6.45, 7) is 0.367. The van der Waals surface area contributed by atoms with Crippen LogP contribution < -0.4 is 5.32 Å². The molecule has 2 aromatic rings. The van der Waals surface area contributed by atoms with E-state index in [-0.39, 0.29) is 12.5 Å². The summed E-state index contributed by atoms with van der Waals surface area (Å²) in [6.07, 6.45) is 3.60. The molecule has 8 heteroatoms. The molecule has 1 aromatic heterocycles. The number of rotatable bonds is 5. The molecule has 1 aliphatic heterocycles. The summed E-state index contributed by atoms with van der Waals surface area (Å²) in [6, 6.07) is 11.1. The van der Waals surface area contributed by atoms with Crippen molar-refractivity contribution < 1.29 is 9.59 Å². The van der Waals surface area contributed by atoms with E-state index in [9.17, 15) is 9.59 Å². The number of carbonyl (C=O) groups is 2. The summed E-state index contributed by atoms with van der Waals surface area (Å²) >= 11 is 0. The van der Waals surface area contributed by atoms with Crippen LogP contribution in [-0.2, 0) is 11.3 Å². The number of nitrogens with one attached hydrogen (secondary N) is 1. The number of hydrazone groups is 1. The number of benzene rings is 1. The fourth-order valence-electron chi connectivity index (χ4n) is 2.29. The lowest BCUT2D eigenvalue weighted by molar-refractivity contribution is -0.118. The van der Waals surface area contributed by atoms with Crippen LogP contribution in [0.25, 0.3) is 11.3 Å². The largest absolute Gasteiger partial charge is 0.344 e. The van der Waals surface area contributed by atoms with E-state index in [2.05, 4.69) is 21.6 Å². The number of hydrogen-bond donors (Lipinski definition) is 1. The Hall–Kier alpha value is -3.47. The van der Waals surface area contributed by atoms with Crippen LogP contribution in [0, 0.1) is 11.3 Å². The highest BCUT2D eigenvalue weighted by molar-refractivity contribution is 6.02. The Morgan fingerprint density at radius 3 is 2.79 bits per heavy atom. The van der Waals surface area contributed by atoms with Crippen molar-refractivity contribution in [2.75, 3.05) is 6.54 Å². The molecule has 120 valence electrons. The molecule has 1 fully saturated rings. The third-order valence-electron chi connectivity index (χ3n) is 3.40. The van der Waals surface area contributed by atoms with Crippen LogP contribution in [0.4, 0.5) is 4.79 Å². The van der Waals surface area contributed by atoms with Crippen molar-refractivity contribution in [1.82, 2.24) is 20.1 Å². The Morgan fingerprint density at radius 2 is 2.12 bits per heavy atom. The van der Waals surface area contributed by atoms with Crippen molar-refractivity contribution in [2.45, 2.75) is 13.0 Å². The van der Waals surface area contributed by atoms with Gasteiger partial charge in [0.05, 0.1) is 25.2 Å². The average Bonchev–Trinajstić information content (AvgIpc) is 3.14. The van der Waals surface area contributed by atoms with Gasteiger partial charge in [0.15, 0.2) is 0 Å². The topological polar surface area (TPSA) is 103 Å². The van der Waals surface area contributed by atoms with E-state index in [1.165, 1.54) is 6.21 Å². The Morgan fingerprint density at radius 1 is 1.33 bits per heavy atom. The summed E-state index contributed by atoms with van der Waals surface area (Å²) in [7, 11) is 0. The Bertz CT molecular complexity index is 834. The summed E-state index contributed by atoms with van der Waals surface area (Å²) in [5.74, 6) is -0.384. The standard InChI is InChI=1S/C16H14N6O2/c17-7-4-8-21-10-13(9-18-22-11-14(23)19-16(22)24)15(20-21)12-5-2-1-3-6-12/h1-3,5-6,9-10H,4,8,11H2,(H,19,23,24)/b18-9-. The molecule has 0 radical (unpaired) electrons. The van der Waals surface area contributed by atoms with Crippen LogP contribution in [-0.4, -0.2) is 39.5 Å². The fourth-order valence-corrected chi connectivity index (χ4v) is 2.29. The zero-order chi connectivity index (χ0) is 16.9. The van der Waals surface area contributed by atoms with E-state index < -0.39 is 6.03 Å². The first kappa shape index (κ1) is 15.4. The molecule has 0 spiro atoms. The first-order chi connectivity index (χ1) is 11.7. The number of nitrogens with zero attached hydrogens (tertiary/aromatic N) is 5. The van der Waals surface area contributed by atoms with E-state index in [1.54, 1.807) is 10.9 Å². The van der Waals surface area contributed by atoms with Gasteiger partial charge in [-0.1, -0.05) is 30.3 Å². The monoisotopic (exact) mass is 322 g/mol. The van der Waals surface area contributed by atoms with Gasteiger partial charge in [-0.2, -0.15) is 15.5 Å². The first-order valence-corrected chi connectivity index (χ1v) is 7.32. The van der Waals surface area contributed by atoms with E-state index in [0.717, 1.165) is 10.6 Å². The molecule has 0 aliphatic carbocycles. The van der Waals surface area contributed by atoms with Gasteiger partial charge in [0, 0.05) is 17.3 Å². The number of urea groups is 1. The zero-order valence-corrected chi connectivity index (χ0v) is 12.7. The minimum atomic E-state index is -0.547. The number of imide groups is 1. The molecular weight excluding hydrogens is 308 g/mol. The van der Waals surface area contributed by atoms with Gasteiger partial charge in [-0.15, -0.1) is 0 Å². The molecule has 2 heterocycles. The Labute approximate surface area is 138 Å². The third-order valence-corrected chi connectivity index (χ3v) is 3.40. The van der Waals surface area contributed by atoms with Crippen LogP contribution in [0.1, 0.15) is 12.0 Å². The van der Waals surface area contributed by atoms with Gasteiger partial charge in [-0.25, -0.2) is 9.80 Å². The normalized spacial score (nSPS) is 14.2. The molecule has 0 atom stereocenters. The predicted octanol–water partition coefficient (Wildman–Crippen LogP) is 1.35. The van der Waals surface area contributed by atoms with Gasteiger partial charge < -0.3 is 0 Å². The maximum absolute atomic E-state index is 11.5. The van der Waals surface area contributed by atoms with E-state index >= 15 is 0 Å². The summed E-state index contributed by atoms with van der Waals surface area (Å²) in [5.41, 5.74) is 2.30. The highest BCUT2D eigenvalue weighted by Gasteiger charge is 2.26.